The van der Waals surface area contributed by atoms with Gasteiger partial charge in [0, 0.05) is 18.7 Å². The van der Waals surface area contributed by atoms with Crippen LogP contribution in [0.1, 0.15) is 39.5 Å². The number of non-ortho nitro benzene ring substituents is 1. The molecular weight excluding hydrogens is 458 g/mol. The van der Waals surface area contributed by atoms with E-state index < -0.39 is 21.1 Å². The van der Waals surface area contributed by atoms with Crippen LogP contribution in [0.5, 0.6) is 5.75 Å². The molecule has 0 spiro atoms. The van der Waals surface area contributed by atoms with Gasteiger partial charge in [0.25, 0.3) is 15.7 Å². The van der Waals surface area contributed by atoms with Gasteiger partial charge < -0.3 is 14.7 Å². The van der Waals surface area contributed by atoms with Crippen LogP contribution in [0.2, 0.25) is 0 Å². The van der Waals surface area contributed by atoms with Crippen LogP contribution in [0.3, 0.4) is 0 Å². The van der Waals surface area contributed by atoms with E-state index in [1.54, 1.807) is 18.2 Å². The maximum atomic E-state index is 13.6. The van der Waals surface area contributed by atoms with Crippen LogP contribution >= 0.6 is 0 Å². The van der Waals surface area contributed by atoms with Crippen molar-refractivity contribution in [2.24, 2.45) is 0 Å². The number of hydrogen-bond acceptors (Lipinski definition) is 7. The Morgan fingerprint density at radius 2 is 1.65 bits per heavy atom. The zero-order valence-corrected chi connectivity index (χ0v) is 20.9. The predicted octanol–water partition coefficient (Wildman–Crippen LogP) is 4.06. The zero-order valence-electron chi connectivity index (χ0n) is 20.1. The molecular formula is C24H35N3O6S. The third-order valence-electron chi connectivity index (χ3n) is 5.47. The number of nitro benzene ring substituents is 1. The molecule has 0 radical (unpaired) electrons. The van der Waals surface area contributed by atoms with Gasteiger partial charge in [-0.15, -0.1) is 0 Å². The highest BCUT2D eigenvalue weighted by Gasteiger charge is 2.31. The van der Waals surface area contributed by atoms with Crippen molar-refractivity contribution in [3.05, 3.63) is 58.6 Å². The van der Waals surface area contributed by atoms with Gasteiger partial charge in [-0.1, -0.05) is 44.9 Å². The van der Waals surface area contributed by atoms with E-state index >= 15 is 0 Å². The molecule has 0 aliphatic heterocycles. The second kappa shape index (κ2) is 13.3. The summed E-state index contributed by atoms with van der Waals surface area (Å²) in [6.45, 7) is 5.81. The summed E-state index contributed by atoms with van der Waals surface area (Å²) in [7, 11) is -2.77. The first-order valence-electron chi connectivity index (χ1n) is 11.5. The number of rotatable bonds is 15. The summed E-state index contributed by atoms with van der Waals surface area (Å²) in [5, 5.41) is 22.4. The highest BCUT2D eigenvalue weighted by Crippen LogP contribution is 2.35. The number of ether oxygens (including phenoxy) is 1. The number of methoxy groups -OCH3 is 1. The number of aliphatic hydroxyl groups is 1. The maximum absolute atomic E-state index is 13.6. The monoisotopic (exact) mass is 493 g/mol. The summed E-state index contributed by atoms with van der Waals surface area (Å²) in [5.41, 5.74) is -0.265. The van der Waals surface area contributed by atoms with Crippen molar-refractivity contribution in [1.29, 1.82) is 0 Å². The fraction of sp³-hybridized carbons (Fsp3) is 0.500. The second-order valence-corrected chi connectivity index (χ2v) is 9.99. The van der Waals surface area contributed by atoms with Crippen LogP contribution in [-0.4, -0.2) is 62.7 Å². The fourth-order valence-corrected chi connectivity index (χ4v) is 5.16. The smallest absolute Gasteiger partial charge is 0.271 e. The molecule has 188 valence electrons. The number of nitrogens with zero attached hydrogens (tertiary/aromatic N) is 3. The number of sulfonamides is 1. The molecule has 0 amide bonds. The third-order valence-corrected chi connectivity index (χ3v) is 7.27. The van der Waals surface area contributed by atoms with Crippen LogP contribution < -0.4 is 9.04 Å². The third kappa shape index (κ3) is 7.41. The summed E-state index contributed by atoms with van der Waals surface area (Å²) in [6, 6.07) is 11.6. The average Bonchev–Trinajstić information content (AvgIpc) is 2.84. The Balaban J connectivity index is 2.46. The SMILES string of the molecule is CCCCN(CCCC)C[C@H](O)CN(c1cc([N+](=O)[O-])ccc1OC)S(=O)(=O)c1ccccc1. The van der Waals surface area contributed by atoms with E-state index in [9.17, 15) is 23.6 Å². The lowest BCUT2D eigenvalue weighted by Crippen LogP contribution is -2.43. The van der Waals surface area contributed by atoms with Crippen molar-refractivity contribution >= 4 is 21.4 Å². The molecule has 0 saturated heterocycles. The molecule has 1 atom stereocenters. The molecule has 0 aliphatic rings. The highest BCUT2D eigenvalue weighted by atomic mass is 32.2. The minimum Gasteiger partial charge on any atom is -0.495 e. The Bertz CT molecular complexity index is 1010. The minimum atomic E-state index is -4.14. The van der Waals surface area contributed by atoms with E-state index in [-0.39, 0.29) is 35.1 Å². The molecule has 0 unspecified atom stereocenters. The van der Waals surface area contributed by atoms with Gasteiger partial charge >= 0.3 is 0 Å². The van der Waals surface area contributed by atoms with Gasteiger partial charge in [-0.25, -0.2) is 8.42 Å². The van der Waals surface area contributed by atoms with E-state index in [1.165, 1.54) is 31.4 Å². The quantitative estimate of drug-likeness (QED) is 0.294. The number of hydrogen-bond donors (Lipinski definition) is 1. The van der Waals surface area contributed by atoms with Gasteiger partial charge in [-0.3, -0.25) is 14.4 Å². The molecule has 2 aromatic carbocycles. The van der Waals surface area contributed by atoms with Gasteiger partial charge in [0.1, 0.15) is 11.4 Å². The number of benzene rings is 2. The second-order valence-electron chi connectivity index (χ2n) is 8.12. The van der Waals surface area contributed by atoms with Crippen LogP contribution in [0, 0.1) is 10.1 Å². The standard InChI is InChI=1S/C24H35N3O6S/c1-4-6-15-25(16-7-5-2)18-21(28)19-26(34(31,32)22-11-9-8-10-12-22)23-17-20(27(29)30)13-14-24(23)33-3/h8-14,17,21,28H,4-7,15-16,18-19H2,1-3H3/t21-/m0/s1. The molecule has 1 N–H and O–H groups in total. The van der Waals surface area contributed by atoms with Crippen molar-refractivity contribution < 1.29 is 23.2 Å². The fourth-order valence-electron chi connectivity index (χ4n) is 3.64. The first-order chi connectivity index (χ1) is 16.2. The molecule has 0 aliphatic carbocycles. The normalized spacial score (nSPS) is 12.5. The van der Waals surface area contributed by atoms with Crippen LogP contribution in [-0.2, 0) is 10.0 Å². The molecule has 34 heavy (non-hydrogen) atoms. The van der Waals surface area contributed by atoms with Gasteiger partial charge in [0.15, 0.2) is 0 Å². The van der Waals surface area contributed by atoms with Crippen LogP contribution in [0.15, 0.2) is 53.4 Å². The minimum absolute atomic E-state index is 0.00766. The Labute approximate surface area is 202 Å². The summed E-state index contributed by atoms with van der Waals surface area (Å²) >= 11 is 0. The van der Waals surface area contributed by atoms with Crippen molar-refractivity contribution in [3.8, 4) is 5.75 Å². The lowest BCUT2D eigenvalue weighted by molar-refractivity contribution is -0.384. The molecule has 0 bridgehead atoms. The maximum Gasteiger partial charge on any atom is 0.271 e. The van der Waals surface area contributed by atoms with E-state index in [0.717, 1.165) is 49.1 Å². The molecule has 0 aromatic heterocycles. The van der Waals surface area contributed by atoms with E-state index in [0.29, 0.717) is 0 Å². The van der Waals surface area contributed by atoms with E-state index in [4.69, 9.17) is 4.74 Å². The first-order valence-corrected chi connectivity index (χ1v) is 13.0. The molecule has 2 rings (SSSR count). The number of anilines is 1. The van der Waals surface area contributed by atoms with Crippen LogP contribution in [0.4, 0.5) is 11.4 Å². The van der Waals surface area contributed by atoms with Crippen molar-refractivity contribution in [3.63, 3.8) is 0 Å². The average molecular weight is 494 g/mol. The number of unbranched alkanes of at least 4 members (excludes halogenated alkanes) is 2. The molecule has 0 saturated carbocycles. The summed E-state index contributed by atoms with van der Waals surface area (Å²) in [5.74, 6) is 0.158. The van der Waals surface area contributed by atoms with Gasteiger partial charge in [0.05, 0.1) is 29.6 Å². The van der Waals surface area contributed by atoms with Gasteiger partial charge in [0.2, 0.25) is 0 Å². The van der Waals surface area contributed by atoms with Crippen molar-refractivity contribution in [1.82, 2.24) is 4.90 Å². The first kappa shape index (κ1) is 27.6. The summed E-state index contributed by atoms with van der Waals surface area (Å²) in [6.07, 6.45) is 2.95. The topological polar surface area (TPSA) is 113 Å². The zero-order chi connectivity index (χ0) is 25.1. The van der Waals surface area contributed by atoms with Gasteiger partial charge in [-0.05, 0) is 44.1 Å². The Hall–Kier alpha value is -2.69. The molecule has 0 fully saturated rings. The largest absolute Gasteiger partial charge is 0.495 e. The molecule has 0 heterocycles. The molecule has 9 nitrogen and oxygen atoms in total. The van der Waals surface area contributed by atoms with E-state index in [1.807, 2.05) is 0 Å². The van der Waals surface area contributed by atoms with E-state index in [2.05, 4.69) is 18.7 Å². The summed E-state index contributed by atoms with van der Waals surface area (Å²) in [4.78, 5) is 13.0. The van der Waals surface area contributed by atoms with Crippen LogP contribution in [0.25, 0.3) is 0 Å². The summed E-state index contributed by atoms with van der Waals surface area (Å²) < 4.78 is 33.6. The lowest BCUT2D eigenvalue weighted by atomic mass is 10.2. The Kier molecular flexibility index (Phi) is 10.7. The molecule has 10 heteroatoms. The Morgan fingerprint density at radius 3 is 2.18 bits per heavy atom. The predicted molar refractivity (Wildman–Crippen MR) is 133 cm³/mol. The highest BCUT2D eigenvalue weighted by molar-refractivity contribution is 7.92. The van der Waals surface area contributed by atoms with Crippen molar-refractivity contribution in [2.75, 3.05) is 37.6 Å². The van der Waals surface area contributed by atoms with Gasteiger partial charge in [-0.2, -0.15) is 0 Å². The number of nitro groups is 1. The number of aliphatic hydroxyl groups excluding tert-OH is 1. The lowest BCUT2D eigenvalue weighted by Gasteiger charge is -2.30. The van der Waals surface area contributed by atoms with Crippen molar-refractivity contribution in [2.45, 2.75) is 50.5 Å². The Morgan fingerprint density at radius 1 is 1.03 bits per heavy atom. The molecule has 2 aromatic rings.